The molecule has 1 fully saturated rings. The van der Waals surface area contributed by atoms with Gasteiger partial charge in [-0.2, -0.15) is 0 Å². The Morgan fingerprint density at radius 1 is 1.36 bits per heavy atom. The van der Waals surface area contributed by atoms with Crippen LogP contribution >= 0.6 is 0 Å². The molecular formula is C16H20FNO4. The van der Waals surface area contributed by atoms with Crippen LogP contribution in [0, 0.1) is 5.82 Å². The van der Waals surface area contributed by atoms with Crippen LogP contribution in [0.5, 0.6) is 0 Å². The monoisotopic (exact) mass is 309 g/mol. The summed E-state index contributed by atoms with van der Waals surface area (Å²) in [5.74, 6) is -1.44. The lowest BCUT2D eigenvalue weighted by atomic mass is 9.92. The smallest absolute Gasteiger partial charge is 0.412 e. The van der Waals surface area contributed by atoms with Gasteiger partial charge in [-0.3, -0.25) is 10.1 Å². The minimum atomic E-state index is -0.937. The van der Waals surface area contributed by atoms with Crippen LogP contribution in [0.4, 0.5) is 14.9 Å². The van der Waals surface area contributed by atoms with E-state index in [1.807, 2.05) is 0 Å². The number of carbonyl (C=O) groups is 2. The molecule has 0 spiro atoms. The molecule has 0 aliphatic heterocycles. The lowest BCUT2D eigenvalue weighted by Gasteiger charge is -2.20. The Hall–Kier alpha value is -2.11. The molecule has 0 atom stereocenters. The Morgan fingerprint density at radius 2 is 2.00 bits per heavy atom. The third-order valence-corrected chi connectivity index (χ3v) is 3.53. The minimum Gasteiger partial charge on any atom is -0.481 e. The first kappa shape index (κ1) is 16.3. The van der Waals surface area contributed by atoms with E-state index >= 15 is 0 Å². The second-order valence-electron chi connectivity index (χ2n) is 6.67. The number of carbonyl (C=O) groups excluding carboxylic acids is 1. The van der Waals surface area contributed by atoms with Crippen molar-refractivity contribution in [3.63, 3.8) is 0 Å². The SMILES string of the molecule is CC(C)(C)OC(=O)Nc1ccc(C2(CC(=O)O)CC2)c(F)c1. The van der Waals surface area contributed by atoms with E-state index in [0.717, 1.165) is 0 Å². The third kappa shape index (κ3) is 3.96. The van der Waals surface area contributed by atoms with E-state index in [2.05, 4.69) is 5.32 Å². The van der Waals surface area contributed by atoms with Crippen LogP contribution in [0.25, 0.3) is 0 Å². The van der Waals surface area contributed by atoms with E-state index in [1.165, 1.54) is 12.1 Å². The van der Waals surface area contributed by atoms with Crippen molar-refractivity contribution in [2.45, 2.75) is 51.0 Å². The molecule has 2 N–H and O–H groups in total. The number of benzene rings is 1. The first-order valence-corrected chi connectivity index (χ1v) is 7.13. The van der Waals surface area contributed by atoms with Gasteiger partial charge in [0.15, 0.2) is 0 Å². The van der Waals surface area contributed by atoms with Gasteiger partial charge < -0.3 is 9.84 Å². The number of carboxylic acid groups (broad SMARTS) is 1. The zero-order valence-corrected chi connectivity index (χ0v) is 12.9. The lowest BCUT2D eigenvalue weighted by Crippen LogP contribution is -2.27. The number of amides is 1. The number of rotatable bonds is 4. The van der Waals surface area contributed by atoms with E-state index < -0.39 is 28.9 Å². The van der Waals surface area contributed by atoms with E-state index in [4.69, 9.17) is 9.84 Å². The molecule has 1 saturated carbocycles. The summed E-state index contributed by atoms with van der Waals surface area (Å²) in [5, 5.41) is 11.4. The summed E-state index contributed by atoms with van der Waals surface area (Å²) in [4.78, 5) is 22.5. The van der Waals surface area contributed by atoms with Gasteiger partial charge in [-0.1, -0.05) is 6.07 Å². The molecule has 22 heavy (non-hydrogen) atoms. The van der Waals surface area contributed by atoms with Gasteiger partial charge in [-0.05, 0) is 51.3 Å². The van der Waals surface area contributed by atoms with Crippen molar-refractivity contribution >= 4 is 17.7 Å². The number of anilines is 1. The number of nitrogens with one attached hydrogen (secondary N) is 1. The predicted octanol–water partition coefficient (Wildman–Crippen LogP) is 3.68. The zero-order valence-electron chi connectivity index (χ0n) is 12.9. The average molecular weight is 309 g/mol. The van der Waals surface area contributed by atoms with Gasteiger partial charge in [0.1, 0.15) is 11.4 Å². The summed E-state index contributed by atoms with van der Waals surface area (Å²) in [6.45, 7) is 5.21. The highest BCUT2D eigenvalue weighted by atomic mass is 19.1. The lowest BCUT2D eigenvalue weighted by molar-refractivity contribution is -0.137. The molecule has 1 aromatic rings. The molecule has 120 valence electrons. The van der Waals surface area contributed by atoms with Crippen molar-refractivity contribution in [1.29, 1.82) is 0 Å². The minimum absolute atomic E-state index is 0.0806. The molecule has 5 nitrogen and oxygen atoms in total. The van der Waals surface area contributed by atoms with Gasteiger partial charge in [-0.15, -0.1) is 0 Å². The summed E-state index contributed by atoms with van der Waals surface area (Å²) in [6, 6.07) is 4.30. The predicted molar refractivity (Wildman–Crippen MR) is 79.4 cm³/mol. The Kier molecular flexibility index (Phi) is 4.13. The molecule has 0 radical (unpaired) electrons. The Morgan fingerprint density at radius 3 is 2.45 bits per heavy atom. The van der Waals surface area contributed by atoms with E-state index in [9.17, 15) is 14.0 Å². The number of ether oxygens (including phenoxy) is 1. The summed E-state index contributed by atoms with van der Waals surface area (Å²) >= 11 is 0. The van der Waals surface area contributed by atoms with Gasteiger partial charge in [0.25, 0.3) is 0 Å². The molecule has 1 aliphatic carbocycles. The summed E-state index contributed by atoms with van der Waals surface area (Å²) in [5.41, 5.74) is -0.561. The van der Waals surface area contributed by atoms with Crippen molar-refractivity contribution in [2.24, 2.45) is 0 Å². The summed E-state index contributed by atoms with van der Waals surface area (Å²) < 4.78 is 19.3. The Labute approximate surface area is 128 Å². The van der Waals surface area contributed by atoms with Crippen molar-refractivity contribution < 1.29 is 23.8 Å². The molecule has 1 aromatic carbocycles. The van der Waals surface area contributed by atoms with Gasteiger partial charge in [0.05, 0.1) is 6.42 Å². The van der Waals surface area contributed by atoms with Gasteiger partial charge in [-0.25, -0.2) is 9.18 Å². The highest BCUT2D eigenvalue weighted by Gasteiger charge is 2.47. The number of halogens is 1. The molecule has 0 unspecified atom stereocenters. The quantitative estimate of drug-likeness (QED) is 0.889. The van der Waals surface area contributed by atoms with Crippen molar-refractivity contribution in [1.82, 2.24) is 0 Å². The third-order valence-electron chi connectivity index (χ3n) is 3.53. The summed E-state index contributed by atoms with van der Waals surface area (Å²) in [6.07, 6.45) is 0.582. The molecule has 1 amide bonds. The van der Waals surface area contributed by atoms with Crippen LogP contribution < -0.4 is 5.32 Å². The van der Waals surface area contributed by atoms with Crippen LogP contribution in [0.3, 0.4) is 0 Å². The van der Waals surface area contributed by atoms with E-state index in [-0.39, 0.29) is 12.1 Å². The molecule has 2 rings (SSSR count). The van der Waals surface area contributed by atoms with Gasteiger partial charge >= 0.3 is 12.1 Å². The fourth-order valence-electron chi connectivity index (χ4n) is 2.43. The largest absolute Gasteiger partial charge is 0.481 e. The fourth-order valence-corrected chi connectivity index (χ4v) is 2.43. The van der Waals surface area contributed by atoms with Crippen LogP contribution in [-0.2, 0) is 14.9 Å². The van der Waals surface area contributed by atoms with E-state index in [1.54, 1.807) is 26.8 Å². The number of carboxylic acids is 1. The Bertz CT molecular complexity index is 603. The van der Waals surface area contributed by atoms with Crippen LogP contribution in [0.15, 0.2) is 18.2 Å². The maximum absolute atomic E-state index is 14.2. The average Bonchev–Trinajstić information content (AvgIpc) is 3.05. The highest BCUT2D eigenvalue weighted by Crippen LogP contribution is 2.52. The maximum Gasteiger partial charge on any atom is 0.412 e. The normalized spacial score (nSPS) is 16.0. The second kappa shape index (κ2) is 5.59. The fraction of sp³-hybridized carbons (Fsp3) is 0.500. The molecule has 1 aliphatic rings. The standard InChI is InChI=1S/C16H20FNO4/c1-15(2,3)22-14(21)18-10-4-5-11(12(17)8-10)16(6-7-16)9-13(19)20/h4-5,8H,6-7,9H2,1-3H3,(H,18,21)(H,19,20). The van der Waals surface area contributed by atoms with Crippen LogP contribution in [-0.4, -0.2) is 22.8 Å². The number of hydrogen-bond donors (Lipinski definition) is 2. The second-order valence-corrected chi connectivity index (χ2v) is 6.67. The molecule has 0 aromatic heterocycles. The zero-order chi connectivity index (χ0) is 16.5. The molecule has 0 bridgehead atoms. The summed E-state index contributed by atoms with van der Waals surface area (Å²) in [7, 11) is 0. The molecule has 0 heterocycles. The first-order valence-electron chi connectivity index (χ1n) is 7.13. The van der Waals surface area contributed by atoms with Crippen LogP contribution in [0.2, 0.25) is 0 Å². The molecular weight excluding hydrogens is 289 g/mol. The first-order chi connectivity index (χ1) is 10.1. The topological polar surface area (TPSA) is 75.6 Å². The highest BCUT2D eigenvalue weighted by molar-refractivity contribution is 5.85. The van der Waals surface area contributed by atoms with Crippen molar-refractivity contribution in [3.05, 3.63) is 29.6 Å². The van der Waals surface area contributed by atoms with Gasteiger partial charge in [0, 0.05) is 11.1 Å². The number of aliphatic carboxylic acids is 1. The number of hydrogen-bond acceptors (Lipinski definition) is 3. The Balaban J connectivity index is 2.10. The molecule has 0 saturated heterocycles. The van der Waals surface area contributed by atoms with Crippen molar-refractivity contribution in [2.75, 3.05) is 5.32 Å². The van der Waals surface area contributed by atoms with E-state index in [0.29, 0.717) is 18.4 Å². The van der Waals surface area contributed by atoms with Gasteiger partial charge in [0.2, 0.25) is 0 Å². The molecule has 6 heteroatoms. The van der Waals surface area contributed by atoms with Crippen molar-refractivity contribution in [3.8, 4) is 0 Å². The van der Waals surface area contributed by atoms with Crippen LogP contribution in [0.1, 0.15) is 45.6 Å². The maximum atomic E-state index is 14.2.